The van der Waals surface area contributed by atoms with Crippen LogP contribution in [0.25, 0.3) is 0 Å². The zero-order valence-electron chi connectivity index (χ0n) is 10.1. The molecule has 5 heteroatoms. The first-order chi connectivity index (χ1) is 7.90. The second-order valence-corrected chi connectivity index (χ2v) is 6.09. The summed E-state index contributed by atoms with van der Waals surface area (Å²) in [7, 11) is 0. The topological polar surface area (TPSA) is 58.7 Å². The average molecular weight is 249 g/mol. The number of nitrogens with zero attached hydrogens (tertiary/aromatic N) is 2. The molecule has 1 heterocycles. The number of aryl methyl sites for hydroxylation is 1. The predicted octanol–water partition coefficient (Wildman–Crippen LogP) is 2.15. The quantitative estimate of drug-likeness (QED) is 0.829. The van der Waals surface area contributed by atoms with Crippen LogP contribution in [0, 0.1) is 6.92 Å². The molecule has 0 spiro atoms. The normalized spacial score (nSPS) is 18.1. The number of carbonyl (C=O) groups is 1. The van der Waals surface area contributed by atoms with Gasteiger partial charge in [-0.1, -0.05) is 29.5 Å². The number of benzene rings is 1. The Kier molecular flexibility index (Phi) is 2.87. The summed E-state index contributed by atoms with van der Waals surface area (Å²) in [6.07, 6.45) is 0. The summed E-state index contributed by atoms with van der Waals surface area (Å²) >= 11 is 1.39. The van der Waals surface area contributed by atoms with E-state index in [0.29, 0.717) is 10.7 Å². The van der Waals surface area contributed by atoms with Crippen molar-refractivity contribution in [3.63, 3.8) is 0 Å². The van der Waals surface area contributed by atoms with E-state index in [1.54, 1.807) is 6.07 Å². The third kappa shape index (κ3) is 2.29. The molecule has 1 amide bonds. The summed E-state index contributed by atoms with van der Waals surface area (Å²) < 4.78 is 0. The highest BCUT2D eigenvalue weighted by Crippen LogP contribution is 2.35. The SMILES string of the molecule is Cc1cccc(C(=O)N2N=C(N)SC2(C)C)c1. The molecule has 1 aromatic carbocycles. The van der Waals surface area contributed by atoms with Crippen LogP contribution in [-0.4, -0.2) is 21.0 Å². The van der Waals surface area contributed by atoms with E-state index in [9.17, 15) is 4.79 Å². The van der Waals surface area contributed by atoms with Gasteiger partial charge in [-0.15, -0.1) is 5.10 Å². The second-order valence-electron chi connectivity index (χ2n) is 4.47. The van der Waals surface area contributed by atoms with E-state index in [4.69, 9.17) is 5.73 Å². The van der Waals surface area contributed by atoms with Crippen molar-refractivity contribution in [3.05, 3.63) is 35.4 Å². The largest absolute Gasteiger partial charge is 0.377 e. The molecule has 0 radical (unpaired) electrons. The van der Waals surface area contributed by atoms with Crippen LogP contribution in [0.5, 0.6) is 0 Å². The van der Waals surface area contributed by atoms with Crippen LogP contribution in [-0.2, 0) is 0 Å². The van der Waals surface area contributed by atoms with Gasteiger partial charge in [-0.05, 0) is 32.9 Å². The first-order valence-electron chi connectivity index (χ1n) is 5.34. The molecule has 0 saturated heterocycles. The van der Waals surface area contributed by atoms with E-state index in [1.165, 1.54) is 16.8 Å². The minimum absolute atomic E-state index is 0.119. The Morgan fingerprint density at radius 3 is 2.71 bits per heavy atom. The lowest BCUT2D eigenvalue weighted by Crippen LogP contribution is -2.38. The van der Waals surface area contributed by atoms with Gasteiger partial charge in [0.05, 0.1) is 0 Å². The number of thioether (sulfide) groups is 1. The second kappa shape index (κ2) is 4.07. The molecular weight excluding hydrogens is 234 g/mol. The number of hydrazone groups is 1. The minimum atomic E-state index is -0.426. The first-order valence-corrected chi connectivity index (χ1v) is 6.16. The van der Waals surface area contributed by atoms with E-state index in [1.807, 2.05) is 39.0 Å². The highest BCUT2D eigenvalue weighted by atomic mass is 32.2. The van der Waals surface area contributed by atoms with Crippen LogP contribution in [0.2, 0.25) is 0 Å². The first kappa shape index (κ1) is 12.0. The molecule has 90 valence electrons. The third-order valence-electron chi connectivity index (χ3n) is 2.52. The van der Waals surface area contributed by atoms with Crippen LogP contribution in [0.15, 0.2) is 29.4 Å². The van der Waals surface area contributed by atoms with E-state index >= 15 is 0 Å². The Bertz CT molecular complexity index is 496. The molecule has 0 bridgehead atoms. The monoisotopic (exact) mass is 249 g/mol. The Balaban J connectivity index is 2.32. The fraction of sp³-hybridized carbons (Fsp3) is 0.333. The predicted molar refractivity (Wildman–Crippen MR) is 70.6 cm³/mol. The number of hydrogen-bond acceptors (Lipinski definition) is 4. The van der Waals surface area contributed by atoms with Gasteiger partial charge in [-0.3, -0.25) is 4.79 Å². The van der Waals surface area contributed by atoms with E-state index in [0.717, 1.165) is 5.56 Å². The summed E-state index contributed by atoms with van der Waals surface area (Å²) in [4.78, 5) is 11.9. The van der Waals surface area contributed by atoms with Gasteiger partial charge in [-0.25, -0.2) is 5.01 Å². The van der Waals surface area contributed by atoms with Gasteiger partial charge in [0.15, 0.2) is 5.17 Å². The van der Waals surface area contributed by atoms with E-state index in [2.05, 4.69) is 5.10 Å². The molecule has 0 atom stereocenters. The van der Waals surface area contributed by atoms with E-state index in [-0.39, 0.29) is 5.91 Å². The molecule has 1 aliphatic heterocycles. The molecule has 1 aromatic rings. The minimum Gasteiger partial charge on any atom is -0.377 e. The molecule has 0 aromatic heterocycles. The third-order valence-corrected chi connectivity index (χ3v) is 3.48. The van der Waals surface area contributed by atoms with Crippen LogP contribution < -0.4 is 5.73 Å². The number of rotatable bonds is 1. The molecule has 2 rings (SSSR count). The lowest BCUT2D eigenvalue weighted by molar-refractivity contribution is 0.0691. The fourth-order valence-electron chi connectivity index (χ4n) is 1.73. The summed E-state index contributed by atoms with van der Waals surface area (Å²) in [5.41, 5.74) is 7.36. The maximum atomic E-state index is 12.3. The van der Waals surface area contributed by atoms with Crippen molar-refractivity contribution in [2.75, 3.05) is 0 Å². The Morgan fingerprint density at radius 1 is 1.47 bits per heavy atom. The molecule has 0 saturated carbocycles. The lowest BCUT2D eigenvalue weighted by Gasteiger charge is -2.27. The lowest BCUT2D eigenvalue weighted by atomic mass is 10.1. The van der Waals surface area contributed by atoms with Crippen LogP contribution in [0.4, 0.5) is 0 Å². The summed E-state index contributed by atoms with van der Waals surface area (Å²) in [5, 5.41) is 5.96. The molecule has 0 fully saturated rings. The highest BCUT2D eigenvalue weighted by Gasteiger charge is 2.38. The standard InChI is InChI=1S/C12H15N3OS/c1-8-5-4-6-9(7-8)10(16)15-12(2,3)17-11(13)14-15/h4-7H,1-3H3,(H2,13,14). The van der Waals surface area contributed by atoms with Gasteiger partial charge in [0, 0.05) is 5.56 Å². The summed E-state index contributed by atoms with van der Waals surface area (Å²) in [5.74, 6) is -0.119. The van der Waals surface area contributed by atoms with Gasteiger partial charge in [0.1, 0.15) is 4.87 Å². The molecule has 17 heavy (non-hydrogen) atoms. The van der Waals surface area contributed by atoms with Crippen molar-refractivity contribution in [3.8, 4) is 0 Å². The number of hydrogen-bond donors (Lipinski definition) is 1. The molecule has 0 unspecified atom stereocenters. The van der Waals surface area contributed by atoms with Crippen molar-refractivity contribution in [1.82, 2.24) is 5.01 Å². The van der Waals surface area contributed by atoms with Gasteiger partial charge in [0.2, 0.25) is 0 Å². The Morgan fingerprint density at radius 2 is 2.18 bits per heavy atom. The summed E-state index contributed by atoms with van der Waals surface area (Å²) in [6, 6.07) is 7.47. The fourth-order valence-corrected chi connectivity index (χ4v) is 2.57. The van der Waals surface area contributed by atoms with Gasteiger partial charge in [0.25, 0.3) is 5.91 Å². The molecular formula is C12H15N3OS. The summed E-state index contributed by atoms with van der Waals surface area (Å²) in [6.45, 7) is 5.81. The zero-order valence-corrected chi connectivity index (χ0v) is 10.9. The number of nitrogens with two attached hydrogens (primary N) is 1. The molecule has 4 nitrogen and oxygen atoms in total. The van der Waals surface area contributed by atoms with Crippen LogP contribution in [0.1, 0.15) is 29.8 Å². The Hall–Kier alpha value is -1.49. The maximum Gasteiger partial charge on any atom is 0.275 e. The highest BCUT2D eigenvalue weighted by molar-refractivity contribution is 8.15. The zero-order chi connectivity index (χ0) is 12.6. The Labute approximate surface area is 105 Å². The van der Waals surface area contributed by atoms with Gasteiger partial charge < -0.3 is 5.73 Å². The number of carbonyl (C=O) groups excluding carboxylic acids is 1. The van der Waals surface area contributed by atoms with Crippen LogP contribution in [0.3, 0.4) is 0 Å². The van der Waals surface area contributed by atoms with Gasteiger partial charge in [-0.2, -0.15) is 0 Å². The molecule has 0 aliphatic carbocycles. The van der Waals surface area contributed by atoms with E-state index < -0.39 is 4.87 Å². The van der Waals surface area contributed by atoms with Gasteiger partial charge >= 0.3 is 0 Å². The maximum absolute atomic E-state index is 12.3. The van der Waals surface area contributed by atoms with Crippen molar-refractivity contribution in [1.29, 1.82) is 0 Å². The number of amidine groups is 1. The molecule has 2 N–H and O–H groups in total. The smallest absolute Gasteiger partial charge is 0.275 e. The number of amides is 1. The van der Waals surface area contributed by atoms with Crippen molar-refractivity contribution >= 4 is 22.8 Å². The van der Waals surface area contributed by atoms with Crippen molar-refractivity contribution in [2.45, 2.75) is 25.6 Å². The molecule has 1 aliphatic rings. The van der Waals surface area contributed by atoms with Crippen molar-refractivity contribution in [2.24, 2.45) is 10.8 Å². The van der Waals surface area contributed by atoms with Crippen molar-refractivity contribution < 1.29 is 4.79 Å². The van der Waals surface area contributed by atoms with Crippen LogP contribution >= 0.6 is 11.8 Å². The average Bonchev–Trinajstić information content (AvgIpc) is 2.51.